The molecule has 0 saturated carbocycles. The molecule has 0 radical (unpaired) electrons. The van der Waals surface area contributed by atoms with Crippen LogP contribution in [-0.2, 0) is 0 Å². The van der Waals surface area contributed by atoms with Gasteiger partial charge in [-0.1, -0.05) is 0 Å². The van der Waals surface area contributed by atoms with Crippen LogP contribution in [-0.4, -0.2) is 30.4 Å². The first kappa shape index (κ1) is 12.2. The molecule has 0 aromatic heterocycles. The fourth-order valence-electron chi connectivity index (χ4n) is 2.35. The Morgan fingerprint density at radius 1 is 1.35 bits per heavy atom. The third-order valence-corrected chi connectivity index (χ3v) is 3.13. The number of benzene rings is 1. The molecule has 0 amide bonds. The maximum atomic E-state index is 9.30. The number of aliphatic hydroxyl groups excluding tert-OH is 1. The molecule has 1 atom stereocenters. The van der Waals surface area contributed by atoms with E-state index in [9.17, 15) is 5.11 Å². The summed E-state index contributed by atoms with van der Waals surface area (Å²) in [7, 11) is 0. The first-order chi connectivity index (χ1) is 8.20. The second kappa shape index (κ2) is 5.41. The zero-order chi connectivity index (χ0) is 12.3. The number of rotatable bonds is 4. The van der Waals surface area contributed by atoms with Crippen LogP contribution in [0.1, 0.15) is 26.7 Å². The summed E-state index contributed by atoms with van der Waals surface area (Å²) in [5.74, 6) is 0.906. The number of aliphatic hydroxyl groups is 1. The Kier molecular flexibility index (Phi) is 3.89. The van der Waals surface area contributed by atoms with Crippen LogP contribution in [0.5, 0.6) is 5.75 Å². The van der Waals surface area contributed by atoms with Crippen LogP contribution in [0.3, 0.4) is 0 Å². The van der Waals surface area contributed by atoms with Crippen molar-refractivity contribution in [1.29, 1.82) is 0 Å². The van der Waals surface area contributed by atoms with Crippen molar-refractivity contribution in [1.82, 2.24) is 0 Å². The monoisotopic (exact) mass is 235 g/mol. The van der Waals surface area contributed by atoms with E-state index in [2.05, 4.69) is 17.0 Å². The minimum Gasteiger partial charge on any atom is -0.491 e. The van der Waals surface area contributed by atoms with E-state index in [4.69, 9.17) is 4.74 Å². The fraction of sp³-hybridized carbons (Fsp3) is 0.571. The summed E-state index contributed by atoms with van der Waals surface area (Å²) in [6, 6.07) is 8.44. The van der Waals surface area contributed by atoms with Crippen molar-refractivity contribution in [2.45, 2.75) is 38.8 Å². The third-order valence-electron chi connectivity index (χ3n) is 3.13. The van der Waals surface area contributed by atoms with E-state index in [0.717, 1.165) is 25.1 Å². The van der Waals surface area contributed by atoms with Crippen molar-refractivity contribution in [3.63, 3.8) is 0 Å². The molecule has 1 aromatic rings. The van der Waals surface area contributed by atoms with E-state index in [0.29, 0.717) is 0 Å². The molecular weight excluding hydrogens is 214 g/mol. The fourth-order valence-corrected chi connectivity index (χ4v) is 2.35. The molecule has 3 nitrogen and oxygen atoms in total. The molecule has 17 heavy (non-hydrogen) atoms. The molecule has 1 fully saturated rings. The Hall–Kier alpha value is -1.22. The third kappa shape index (κ3) is 2.91. The molecule has 3 heteroatoms. The molecule has 1 N–H and O–H groups in total. The average Bonchev–Trinajstić information content (AvgIpc) is 2.77. The van der Waals surface area contributed by atoms with Crippen molar-refractivity contribution in [3.8, 4) is 5.75 Å². The summed E-state index contributed by atoms with van der Waals surface area (Å²) in [4.78, 5) is 2.28. The molecule has 2 rings (SSSR count). The van der Waals surface area contributed by atoms with Gasteiger partial charge < -0.3 is 14.7 Å². The van der Waals surface area contributed by atoms with Crippen molar-refractivity contribution in [3.05, 3.63) is 24.3 Å². The molecule has 94 valence electrons. The lowest BCUT2D eigenvalue weighted by Crippen LogP contribution is -2.31. The highest BCUT2D eigenvalue weighted by atomic mass is 16.5. The Morgan fingerprint density at radius 3 is 2.65 bits per heavy atom. The second-order valence-corrected chi connectivity index (χ2v) is 4.83. The van der Waals surface area contributed by atoms with Gasteiger partial charge in [-0.2, -0.15) is 0 Å². The maximum absolute atomic E-state index is 9.30. The topological polar surface area (TPSA) is 32.7 Å². The molecule has 1 heterocycles. The number of nitrogens with zero attached hydrogens (tertiary/aromatic N) is 1. The summed E-state index contributed by atoms with van der Waals surface area (Å²) in [6.45, 7) is 5.33. The Morgan fingerprint density at radius 2 is 2.06 bits per heavy atom. The summed E-state index contributed by atoms with van der Waals surface area (Å²) in [5, 5.41) is 9.30. The van der Waals surface area contributed by atoms with Crippen LogP contribution < -0.4 is 9.64 Å². The van der Waals surface area contributed by atoms with Gasteiger partial charge in [0.05, 0.1) is 18.8 Å². The largest absolute Gasteiger partial charge is 0.491 e. The van der Waals surface area contributed by atoms with E-state index >= 15 is 0 Å². The highest BCUT2D eigenvalue weighted by molar-refractivity contribution is 5.50. The van der Waals surface area contributed by atoms with Gasteiger partial charge in [0.1, 0.15) is 5.75 Å². The summed E-state index contributed by atoms with van der Waals surface area (Å²) < 4.78 is 5.62. The normalized spacial score (nSPS) is 20.0. The van der Waals surface area contributed by atoms with Gasteiger partial charge in [0.25, 0.3) is 0 Å². The molecule has 1 aromatic carbocycles. The minimum atomic E-state index is 0.206. The van der Waals surface area contributed by atoms with Crippen molar-refractivity contribution in [2.75, 3.05) is 18.1 Å². The van der Waals surface area contributed by atoms with Crippen molar-refractivity contribution >= 4 is 5.69 Å². The van der Waals surface area contributed by atoms with Gasteiger partial charge in [-0.05, 0) is 51.0 Å². The molecule has 1 aliphatic rings. The molecule has 1 aliphatic heterocycles. The van der Waals surface area contributed by atoms with Crippen LogP contribution in [0.25, 0.3) is 0 Å². The van der Waals surface area contributed by atoms with Crippen LogP contribution >= 0.6 is 0 Å². The Bertz CT molecular complexity index is 348. The minimum absolute atomic E-state index is 0.206. The van der Waals surface area contributed by atoms with Gasteiger partial charge in [-0.3, -0.25) is 0 Å². The van der Waals surface area contributed by atoms with Gasteiger partial charge in [0.2, 0.25) is 0 Å². The number of hydrogen-bond acceptors (Lipinski definition) is 3. The number of hydrogen-bond donors (Lipinski definition) is 1. The summed E-state index contributed by atoms with van der Waals surface area (Å²) in [6.07, 6.45) is 2.45. The molecule has 1 unspecified atom stereocenters. The zero-order valence-corrected chi connectivity index (χ0v) is 10.6. The molecule has 0 aliphatic carbocycles. The van der Waals surface area contributed by atoms with Gasteiger partial charge >= 0.3 is 0 Å². The smallest absolute Gasteiger partial charge is 0.119 e. The lowest BCUT2D eigenvalue weighted by molar-refractivity contribution is 0.242. The van der Waals surface area contributed by atoms with E-state index < -0.39 is 0 Å². The molecular formula is C14H21NO2. The Labute approximate surface area is 103 Å². The second-order valence-electron chi connectivity index (χ2n) is 4.83. The van der Waals surface area contributed by atoms with Crippen LogP contribution in [0.15, 0.2) is 24.3 Å². The highest BCUT2D eigenvalue weighted by Crippen LogP contribution is 2.27. The predicted octanol–water partition coefficient (Wildman–Crippen LogP) is 2.43. The van der Waals surface area contributed by atoms with Crippen molar-refractivity contribution in [2.24, 2.45) is 0 Å². The van der Waals surface area contributed by atoms with E-state index in [1.807, 2.05) is 26.0 Å². The van der Waals surface area contributed by atoms with Crippen LogP contribution in [0.4, 0.5) is 5.69 Å². The predicted molar refractivity (Wildman–Crippen MR) is 69.7 cm³/mol. The van der Waals surface area contributed by atoms with Crippen LogP contribution in [0.2, 0.25) is 0 Å². The summed E-state index contributed by atoms with van der Waals surface area (Å²) >= 11 is 0. The SMILES string of the molecule is CC(C)Oc1ccc(N2CCCC2CO)cc1. The molecule has 0 bridgehead atoms. The average molecular weight is 235 g/mol. The highest BCUT2D eigenvalue weighted by Gasteiger charge is 2.23. The summed E-state index contributed by atoms with van der Waals surface area (Å²) in [5.41, 5.74) is 1.18. The van der Waals surface area contributed by atoms with Gasteiger partial charge in [-0.15, -0.1) is 0 Å². The van der Waals surface area contributed by atoms with Gasteiger partial charge in [0, 0.05) is 12.2 Å². The quantitative estimate of drug-likeness (QED) is 0.870. The zero-order valence-electron chi connectivity index (χ0n) is 10.6. The van der Waals surface area contributed by atoms with Gasteiger partial charge in [-0.25, -0.2) is 0 Å². The lowest BCUT2D eigenvalue weighted by Gasteiger charge is -2.25. The maximum Gasteiger partial charge on any atom is 0.119 e. The number of anilines is 1. The van der Waals surface area contributed by atoms with E-state index in [-0.39, 0.29) is 18.8 Å². The van der Waals surface area contributed by atoms with E-state index in [1.165, 1.54) is 5.69 Å². The lowest BCUT2D eigenvalue weighted by atomic mass is 10.2. The standard InChI is InChI=1S/C14H21NO2/c1-11(2)17-14-7-5-12(6-8-14)15-9-3-4-13(15)10-16/h5-8,11,13,16H,3-4,9-10H2,1-2H3. The molecule has 0 spiro atoms. The number of ether oxygens (including phenoxy) is 1. The van der Waals surface area contributed by atoms with Crippen LogP contribution in [0, 0.1) is 0 Å². The van der Waals surface area contributed by atoms with E-state index in [1.54, 1.807) is 0 Å². The Balaban J connectivity index is 2.07. The van der Waals surface area contributed by atoms with Gasteiger partial charge in [0.15, 0.2) is 0 Å². The first-order valence-corrected chi connectivity index (χ1v) is 6.35. The first-order valence-electron chi connectivity index (χ1n) is 6.35. The molecule has 1 saturated heterocycles. The van der Waals surface area contributed by atoms with Crippen molar-refractivity contribution < 1.29 is 9.84 Å².